The van der Waals surface area contributed by atoms with Gasteiger partial charge in [-0.1, -0.05) is 35.5 Å². The van der Waals surface area contributed by atoms with E-state index in [1.54, 1.807) is 0 Å². The van der Waals surface area contributed by atoms with E-state index in [2.05, 4.69) is 15.5 Å². The third kappa shape index (κ3) is 2.06. The normalized spacial score (nSPS) is 14.1. The highest BCUT2D eigenvalue weighted by molar-refractivity contribution is 5.78. The SMILES string of the molecule is Cc1onc(-c2ccccc2)c1-c1nc2c([nH]1)CNCC2. The van der Waals surface area contributed by atoms with E-state index in [1.807, 2.05) is 37.3 Å². The van der Waals surface area contributed by atoms with Crippen LogP contribution in [0.25, 0.3) is 22.6 Å². The van der Waals surface area contributed by atoms with Crippen molar-refractivity contribution in [1.29, 1.82) is 0 Å². The first kappa shape index (κ1) is 12.3. The van der Waals surface area contributed by atoms with Gasteiger partial charge >= 0.3 is 0 Å². The summed E-state index contributed by atoms with van der Waals surface area (Å²) in [6.07, 6.45) is 0.955. The van der Waals surface area contributed by atoms with Crippen LogP contribution in [0.4, 0.5) is 0 Å². The van der Waals surface area contributed by atoms with Crippen molar-refractivity contribution in [3.05, 3.63) is 47.5 Å². The standard InChI is InChI=1S/C16H16N4O/c1-10-14(15(20-21-10)11-5-3-2-4-6-11)16-18-12-7-8-17-9-13(12)19-16/h2-6,17H,7-9H2,1H3,(H,18,19). The van der Waals surface area contributed by atoms with Gasteiger partial charge in [-0.25, -0.2) is 4.98 Å². The zero-order chi connectivity index (χ0) is 14.2. The molecule has 106 valence electrons. The number of hydrogen-bond donors (Lipinski definition) is 2. The number of imidazole rings is 1. The summed E-state index contributed by atoms with van der Waals surface area (Å²) in [6.45, 7) is 3.74. The second kappa shape index (κ2) is 4.86. The summed E-state index contributed by atoms with van der Waals surface area (Å²) in [4.78, 5) is 8.16. The highest BCUT2D eigenvalue weighted by Crippen LogP contribution is 2.33. The largest absolute Gasteiger partial charge is 0.360 e. The van der Waals surface area contributed by atoms with Gasteiger partial charge in [0, 0.05) is 25.1 Å². The Hall–Kier alpha value is -2.40. The lowest BCUT2D eigenvalue weighted by molar-refractivity contribution is 0.400. The van der Waals surface area contributed by atoms with E-state index in [4.69, 9.17) is 9.51 Å². The zero-order valence-electron chi connectivity index (χ0n) is 11.8. The van der Waals surface area contributed by atoms with Gasteiger partial charge in [-0.2, -0.15) is 0 Å². The van der Waals surface area contributed by atoms with Gasteiger partial charge in [0.2, 0.25) is 0 Å². The number of aromatic nitrogens is 3. The molecular formula is C16H16N4O. The lowest BCUT2D eigenvalue weighted by atomic mass is 10.1. The average molecular weight is 280 g/mol. The third-order valence-corrected chi connectivity index (χ3v) is 3.85. The molecule has 0 radical (unpaired) electrons. The number of nitrogens with one attached hydrogen (secondary N) is 2. The molecule has 0 atom stereocenters. The van der Waals surface area contributed by atoms with E-state index in [9.17, 15) is 0 Å². The van der Waals surface area contributed by atoms with Crippen molar-refractivity contribution in [2.45, 2.75) is 19.9 Å². The fourth-order valence-electron chi connectivity index (χ4n) is 2.78. The number of benzene rings is 1. The molecule has 0 amide bonds. The van der Waals surface area contributed by atoms with Gasteiger partial charge in [0.25, 0.3) is 0 Å². The Bertz CT molecular complexity index is 749. The molecule has 0 fully saturated rings. The van der Waals surface area contributed by atoms with Crippen LogP contribution in [0.2, 0.25) is 0 Å². The van der Waals surface area contributed by atoms with Crippen LogP contribution < -0.4 is 5.32 Å². The molecule has 0 aliphatic carbocycles. The highest BCUT2D eigenvalue weighted by Gasteiger charge is 2.22. The molecule has 0 saturated heterocycles. The molecule has 5 nitrogen and oxygen atoms in total. The van der Waals surface area contributed by atoms with Crippen LogP contribution in [0.1, 0.15) is 17.1 Å². The smallest absolute Gasteiger partial charge is 0.145 e. The predicted octanol–water partition coefficient (Wildman–Crippen LogP) is 2.69. The van der Waals surface area contributed by atoms with Crippen LogP contribution in [0, 0.1) is 6.92 Å². The monoisotopic (exact) mass is 280 g/mol. The number of hydrogen-bond acceptors (Lipinski definition) is 4. The van der Waals surface area contributed by atoms with Gasteiger partial charge in [-0.05, 0) is 6.92 Å². The van der Waals surface area contributed by atoms with Crippen LogP contribution in [-0.2, 0) is 13.0 Å². The minimum atomic E-state index is 0.785. The first-order valence-electron chi connectivity index (χ1n) is 7.13. The molecule has 3 heterocycles. The summed E-state index contributed by atoms with van der Waals surface area (Å²) >= 11 is 0. The van der Waals surface area contributed by atoms with Gasteiger partial charge in [0.1, 0.15) is 17.3 Å². The summed E-state index contributed by atoms with van der Waals surface area (Å²) in [6, 6.07) is 10.1. The first-order chi connectivity index (χ1) is 10.3. The van der Waals surface area contributed by atoms with Gasteiger partial charge < -0.3 is 14.8 Å². The summed E-state index contributed by atoms with van der Waals surface area (Å²) in [5, 5.41) is 7.57. The van der Waals surface area contributed by atoms with E-state index >= 15 is 0 Å². The van der Waals surface area contributed by atoms with Crippen LogP contribution in [0.3, 0.4) is 0 Å². The third-order valence-electron chi connectivity index (χ3n) is 3.85. The second-order valence-corrected chi connectivity index (χ2v) is 5.27. The molecule has 0 saturated carbocycles. The summed E-state index contributed by atoms with van der Waals surface area (Å²) in [7, 11) is 0. The molecule has 3 aromatic rings. The lowest BCUT2D eigenvalue weighted by Crippen LogP contribution is -2.23. The number of H-pyrrole nitrogens is 1. The van der Waals surface area contributed by atoms with Crippen molar-refractivity contribution in [1.82, 2.24) is 20.4 Å². The molecule has 5 heteroatoms. The molecular weight excluding hydrogens is 264 g/mol. The number of rotatable bonds is 2. The van der Waals surface area contributed by atoms with E-state index in [0.29, 0.717) is 0 Å². The molecule has 2 aromatic heterocycles. The minimum Gasteiger partial charge on any atom is -0.360 e. The molecule has 4 rings (SSSR count). The van der Waals surface area contributed by atoms with Crippen LogP contribution in [0.15, 0.2) is 34.9 Å². The van der Waals surface area contributed by atoms with Crippen molar-refractivity contribution in [3.63, 3.8) is 0 Å². The summed E-state index contributed by atoms with van der Waals surface area (Å²) < 4.78 is 5.41. The van der Waals surface area contributed by atoms with Crippen molar-refractivity contribution in [3.8, 4) is 22.6 Å². The van der Waals surface area contributed by atoms with Gasteiger partial charge in [0.15, 0.2) is 0 Å². The second-order valence-electron chi connectivity index (χ2n) is 5.27. The molecule has 21 heavy (non-hydrogen) atoms. The Balaban J connectivity index is 1.85. The van der Waals surface area contributed by atoms with Gasteiger partial charge in [-0.15, -0.1) is 0 Å². The van der Waals surface area contributed by atoms with E-state index in [1.165, 1.54) is 0 Å². The topological polar surface area (TPSA) is 66.7 Å². The Kier molecular flexibility index (Phi) is 2.86. The molecule has 1 aliphatic heterocycles. The maximum atomic E-state index is 5.41. The molecule has 1 aliphatic rings. The van der Waals surface area contributed by atoms with E-state index in [-0.39, 0.29) is 0 Å². The summed E-state index contributed by atoms with van der Waals surface area (Å²) in [5.74, 6) is 1.63. The Morgan fingerprint density at radius 2 is 2.05 bits per heavy atom. The molecule has 0 unspecified atom stereocenters. The fraction of sp³-hybridized carbons (Fsp3) is 0.250. The predicted molar refractivity (Wildman–Crippen MR) is 79.7 cm³/mol. The quantitative estimate of drug-likeness (QED) is 0.757. The number of fused-ring (bicyclic) bond motifs is 1. The highest BCUT2D eigenvalue weighted by atomic mass is 16.5. The van der Waals surface area contributed by atoms with Crippen molar-refractivity contribution in [2.75, 3.05) is 6.54 Å². The Morgan fingerprint density at radius 3 is 2.86 bits per heavy atom. The van der Waals surface area contributed by atoms with Crippen molar-refractivity contribution < 1.29 is 4.52 Å². The Morgan fingerprint density at radius 1 is 1.19 bits per heavy atom. The van der Waals surface area contributed by atoms with Crippen LogP contribution >= 0.6 is 0 Å². The maximum absolute atomic E-state index is 5.41. The maximum Gasteiger partial charge on any atom is 0.145 e. The zero-order valence-corrected chi connectivity index (χ0v) is 11.8. The molecule has 2 N–H and O–H groups in total. The first-order valence-corrected chi connectivity index (χ1v) is 7.13. The number of nitrogens with zero attached hydrogens (tertiary/aromatic N) is 2. The lowest BCUT2D eigenvalue weighted by Gasteiger charge is -2.09. The van der Waals surface area contributed by atoms with Gasteiger partial charge in [0.05, 0.1) is 17.0 Å². The number of aromatic amines is 1. The number of aryl methyl sites for hydroxylation is 1. The Labute approximate surface area is 122 Å². The molecule has 0 bridgehead atoms. The van der Waals surface area contributed by atoms with Gasteiger partial charge in [-0.3, -0.25) is 0 Å². The molecule has 0 spiro atoms. The average Bonchev–Trinajstić information content (AvgIpc) is 3.11. The minimum absolute atomic E-state index is 0.785. The van der Waals surface area contributed by atoms with E-state index < -0.39 is 0 Å². The van der Waals surface area contributed by atoms with E-state index in [0.717, 1.165) is 59.3 Å². The van der Waals surface area contributed by atoms with Crippen LogP contribution in [-0.4, -0.2) is 21.7 Å². The summed E-state index contributed by atoms with van der Waals surface area (Å²) in [5.41, 5.74) is 5.14. The van der Waals surface area contributed by atoms with Crippen molar-refractivity contribution >= 4 is 0 Å². The fourth-order valence-corrected chi connectivity index (χ4v) is 2.78. The van der Waals surface area contributed by atoms with Crippen LogP contribution in [0.5, 0.6) is 0 Å². The molecule has 1 aromatic carbocycles. The van der Waals surface area contributed by atoms with Crippen molar-refractivity contribution in [2.24, 2.45) is 0 Å².